The van der Waals surface area contributed by atoms with Gasteiger partial charge in [0, 0.05) is 17.9 Å². The maximum absolute atomic E-state index is 3.72. The highest BCUT2D eigenvalue weighted by Crippen LogP contribution is 2.41. The van der Waals surface area contributed by atoms with Gasteiger partial charge in [-0.05, 0) is 46.5 Å². The van der Waals surface area contributed by atoms with Crippen molar-refractivity contribution in [1.29, 1.82) is 0 Å². The molecule has 0 saturated heterocycles. The molecule has 0 radical (unpaired) electrons. The van der Waals surface area contributed by atoms with Gasteiger partial charge in [-0.15, -0.1) is 0 Å². The highest BCUT2D eigenvalue weighted by Gasteiger charge is 2.13. The Morgan fingerprint density at radius 1 is 0.409 bits per heavy atom. The van der Waals surface area contributed by atoms with Crippen LogP contribution in [0.1, 0.15) is 0 Å². The minimum absolute atomic E-state index is 1.06. The van der Waals surface area contributed by atoms with Gasteiger partial charge >= 0.3 is 0 Å². The second-order valence-electron chi connectivity index (χ2n) is 4.77. The SMILES string of the molecule is Brc1ccccc1-c1cc(Br)c(-c2ccccc2Br)cc1Br. The summed E-state index contributed by atoms with van der Waals surface area (Å²) in [6.07, 6.45) is 0. The van der Waals surface area contributed by atoms with Gasteiger partial charge in [0.15, 0.2) is 0 Å². The monoisotopic (exact) mass is 542 g/mol. The molecule has 0 heterocycles. The predicted octanol–water partition coefficient (Wildman–Crippen LogP) is 8.07. The van der Waals surface area contributed by atoms with E-state index in [9.17, 15) is 0 Å². The average Bonchev–Trinajstić information content (AvgIpc) is 2.51. The van der Waals surface area contributed by atoms with Crippen LogP contribution >= 0.6 is 63.7 Å². The normalized spacial score (nSPS) is 10.7. The molecule has 22 heavy (non-hydrogen) atoms. The molecule has 0 aliphatic heterocycles. The summed E-state index contributed by atoms with van der Waals surface area (Å²) in [5.41, 5.74) is 4.62. The largest absolute Gasteiger partial charge is 0.0616 e. The second-order valence-corrected chi connectivity index (χ2v) is 8.19. The molecule has 0 fully saturated rings. The van der Waals surface area contributed by atoms with E-state index in [1.807, 2.05) is 24.3 Å². The van der Waals surface area contributed by atoms with Gasteiger partial charge in [-0.2, -0.15) is 0 Å². The van der Waals surface area contributed by atoms with Gasteiger partial charge in [-0.3, -0.25) is 0 Å². The fourth-order valence-electron chi connectivity index (χ4n) is 2.32. The third kappa shape index (κ3) is 3.25. The highest BCUT2D eigenvalue weighted by molar-refractivity contribution is 9.11. The van der Waals surface area contributed by atoms with E-state index in [2.05, 4.69) is 100 Å². The summed E-state index contributed by atoms with van der Waals surface area (Å²) >= 11 is 14.7. The number of halogens is 4. The smallest absolute Gasteiger partial charge is 0.0261 e. The molecule has 0 aromatic heterocycles. The standard InChI is InChI=1S/C18H10Br4/c19-15-7-3-1-5-11(15)13-9-18(22)14(10-17(13)21)12-6-2-4-8-16(12)20/h1-10H. The Morgan fingerprint density at radius 2 is 0.773 bits per heavy atom. The molecular weight excluding hydrogens is 536 g/mol. The molecule has 0 saturated carbocycles. The molecule has 0 atom stereocenters. The Bertz CT molecular complexity index is 769. The summed E-state index contributed by atoms with van der Waals surface area (Å²) in [5.74, 6) is 0. The number of hydrogen-bond acceptors (Lipinski definition) is 0. The summed E-state index contributed by atoms with van der Waals surface area (Å²) in [4.78, 5) is 0. The lowest BCUT2D eigenvalue weighted by molar-refractivity contribution is 1.51. The molecule has 0 unspecified atom stereocenters. The van der Waals surface area contributed by atoms with Crippen LogP contribution in [0.2, 0.25) is 0 Å². The fourth-order valence-corrected chi connectivity index (χ4v) is 4.43. The lowest BCUT2D eigenvalue weighted by Crippen LogP contribution is -1.87. The van der Waals surface area contributed by atoms with Crippen LogP contribution in [0.4, 0.5) is 0 Å². The summed E-state index contributed by atoms with van der Waals surface area (Å²) in [6, 6.07) is 20.7. The van der Waals surface area contributed by atoms with Gasteiger partial charge in [0.25, 0.3) is 0 Å². The van der Waals surface area contributed by atoms with Gasteiger partial charge in [-0.1, -0.05) is 100 Å². The Morgan fingerprint density at radius 3 is 1.14 bits per heavy atom. The van der Waals surface area contributed by atoms with Crippen molar-refractivity contribution in [1.82, 2.24) is 0 Å². The Hall–Kier alpha value is -0.420. The van der Waals surface area contributed by atoms with Gasteiger partial charge in [0.2, 0.25) is 0 Å². The third-order valence-corrected chi connectivity index (χ3v) is 6.08. The van der Waals surface area contributed by atoms with Gasteiger partial charge in [-0.25, -0.2) is 0 Å². The summed E-state index contributed by atoms with van der Waals surface area (Å²) < 4.78 is 4.29. The zero-order valence-corrected chi connectivity index (χ0v) is 17.6. The van der Waals surface area contributed by atoms with E-state index in [0.717, 1.165) is 40.1 Å². The van der Waals surface area contributed by atoms with Crippen molar-refractivity contribution in [3.63, 3.8) is 0 Å². The molecule has 3 aromatic carbocycles. The van der Waals surface area contributed by atoms with Gasteiger partial charge in [0.05, 0.1) is 0 Å². The van der Waals surface area contributed by atoms with Crippen LogP contribution in [0.3, 0.4) is 0 Å². The first-order valence-electron chi connectivity index (χ1n) is 6.57. The molecule has 4 heteroatoms. The van der Waals surface area contributed by atoms with Crippen molar-refractivity contribution in [2.24, 2.45) is 0 Å². The van der Waals surface area contributed by atoms with E-state index < -0.39 is 0 Å². The molecule has 110 valence electrons. The number of benzene rings is 3. The van der Waals surface area contributed by atoms with Crippen molar-refractivity contribution in [3.8, 4) is 22.3 Å². The molecule has 0 N–H and O–H groups in total. The zero-order valence-electron chi connectivity index (χ0n) is 11.3. The minimum Gasteiger partial charge on any atom is -0.0616 e. The number of rotatable bonds is 2. The highest BCUT2D eigenvalue weighted by atomic mass is 79.9. The Balaban J connectivity index is 2.18. The molecule has 0 bridgehead atoms. The molecule has 0 spiro atoms. The molecule has 3 aromatic rings. The van der Waals surface area contributed by atoms with Gasteiger partial charge in [0.1, 0.15) is 0 Å². The Labute approximate surface area is 163 Å². The lowest BCUT2D eigenvalue weighted by Gasteiger charge is -2.13. The Kier molecular flexibility index (Phi) is 5.23. The van der Waals surface area contributed by atoms with E-state index in [0.29, 0.717) is 0 Å². The molecule has 0 aliphatic rings. The first kappa shape index (κ1) is 16.4. The van der Waals surface area contributed by atoms with Crippen molar-refractivity contribution < 1.29 is 0 Å². The maximum atomic E-state index is 3.72. The van der Waals surface area contributed by atoms with E-state index in [1.54, 1.807) is 0 Å². The van der Waals surface area contributed by atoms with E-state index >= 15 is 0 Å². The van der Waals surface area contributed by atoms with Crippen LogP contribution < -0.4 is 0 Å². The van der Waals surface area contributed by atoms with Crippen LogP contribution in [-0.2, 0) is 0 Å². The molecule has 0 nitrogen and oxygen atoms in total. The van der Waals surface area contributed by atoms with Crippen molar-refractivity contribution >= 4 is 63.7 Å². The van der Waals surface area contributed by atoms with Gasteiger partial charge < -0.3 is 0 Å². The van der Waals surface area contributed by atoms with E-state index in [1.165, 1.54) is 0 Å². The van der Waals surface area contributed by atoms with Crippen LogP contribution in [-0.4, -0.2) is 0 Å². The third-order valence-electron chi connectivity index (χ3n) is 3.38. The minimum atomic E-state index is 1.06. The summed E-state index contributed by atoms with van der Waals surface area (Å²) in [5, 5.41) is 0. The van der Waals surface area contributed by atoms with E-state index in [-0.39, 0.29) is 0 Å². The second kappa shape index (κ2) is 7.00. The van der Waals surface area contributed by atoms with E-state index in [4.69, 9.17) is 0 Å². The quantitative estimate of drug-likeness (QED) is 0.305. The number of hydrogen-bond donors (Lipinski definition) is 0. The van der Waals surface area contributed by atoms with Crippen LogP contribution in [0.25, 0.3) is 22.3 Å². The average molecular weight is 546 g/mol. The van der Waals surface area contributed by atoms with Crippen LogP contribution in [0.15, 0.2) is 78.6 Å². The fraction of sp³-hybridized carbons (Fsp3) is 0. The van der Waals surface area contributed by atoms with Crippen molar-refractivity contribution in [2.45, 2.75) is 0 Å². The summed E-state index contributed by atoms with van der Waals surface area (Å²) in [7, 11) is 0. The molecule has 0 aliphatic carbocycles. The van der Waals surface area contributed by atoms with Crippen molar-refractivity contribution in [3.05, 3.63) is 78.6 Å². The van der Waals surface area contributed by atoms with Crippen LogP contribution in [0, 0.1) is 0 Å². The predicted molar refractivity (Wildman–Crippen MR) is 108 cm³/mol. The molecule has 0 amide bonds. The first-order valence-corrected chi connectivity index (χ1v) is 9.74. The molecule has 3 rings (SSSR count). The first-order chi connectivity index (χ1) is 10.6. The van der Waals surface area contributed by atoms with Crippen LogP contribution in [0.5, 0.6) is 0 Å². The van der Waals surface area contributed by atoms with Crippen molar-refractivity contribution in [2.75, 3.05) is 0 Å². The topological polar surface area (TPSA) is 0 Å². The summed E-state index contributed by atoms with van der Waals surface area (Å²) in [6.45, 7) is 0. The zero-order chi connectivity index (χ0) is 15.7. The molecular formula is C18H10Br4. The maximum Gasteiger partial charge on any atom is 0.0261 e. The lowest BCUT2D eigenvalue weighted by atomic mass is 10.0.